The van der Waals surface area contributed by atoms with Gasteiger partial charge >= 0.3 is 0 Å². The molecule has 4 heteroatoms. The van der Waals surface area contributed by atoms with Crippen LogP contribution in [-0.2, 0) is 11.3 Å². The summed E-state index contributed by atoms with van der Waals surface area (Å²) in [5.41, 5.74) is 7.43. The molecule has 0 spiro atoms. The highest BCUT2D eigenvalue weighted by Crippen LogP contribution is 2.13. The molecular formula is C16H23N3O. The number of carbonyl (C=O) groups excluding carboxylic acids is 1. The van der Waals surface area contributed by atoms with Gasteiger partial charge in [-0.25, -0.2) is 0 Å². The lowest BCUT2D eigenvalue weighted by atomic mass is 10.0. The maximum Gasteiger partial charge on any atom is 0.239 e. The molecule has 4 nitrogen and oxygen atoms in total. The van der Waals surface area contributed by atoms with Crippen molar-refractivity contribution in [2.24, 2.45) is 11.7 Å². The molecule has 20 heavy (non-hydrogen) atoms. The average Bonchev–Trinajstić information content (AvgIpc) is 2.43. The third kappa shape index (κ3) is 4.36. The van der Waals surface area contributed by atoms with Gasteiger partial charge in [0.15, 0.2) is 0 Å². The molecule has 0 heterocycles. The first-order chi connectivity index (χ1) is 9.49. The molecule has 0 fully saturated rings. The number of nitrogens with zero attached hydrogens (tertiary/aromatic N) is 2. The van der Waals surface area contributed by atoms with Crippen LogP contribution in [0, 0.1) is 17.2 Å². The zero-order valence-corrected chi connectivity index (χ0v) is 12.5. The van der Waals surface area contributed by atoms with Crippen molar-refractivity contribution in [1.82, 2.24) is 4.90 Å². The van der Waals surface area contributed by atoms with Gasteiger partial charge in [0.25, 0.3) is 0 Å². The van der Waals surface area contributed by atoms with Crippen LogP contribution >= 0.6 is 0 Å². The average molecular weight is 273 g/mol. The van der Waals surface area contributed by atoms with Gasteiger partial charge in [-0.05, 0) is 30.9 Å². The Bertz CT molecular complexity index is 491. The van der Waals surface area contributed by atoms with Crippen LogP contribution in [0.15, 0.2) is 24.3 Å². The van der Waals surface area contributed by atoms with E-state index in [1.54, 1.807) is 11.0 Å². The second-order valence-corrected chi connectivity index (χ2v) is 5.36. The van der Waals surface area contributed by atoms with E-state index in [9.17, 15) is 4.79 Å². The van der Waals surface area contributed by atoms with E-state index in [-0.39, 0.29) is 5.91 Å². The van der Waals surface area contributed by atoms with Crippen LogP contribution in [0.25, 0.3) is 0 Å². The van der Waals surface area contributed by atoms with Crippen LogP contribution in [0.2, 0.25) is 0 Å². The molecule has 108 valence electrons. The lowest BCUT2D eigenvalue weighted by Gasteiger charge is -2.25. The second kappa shape index (κ2) is 7.66. The van der Waals surface area contributed by atoms with Crippen molar-refractivity contribution in [3.8, 4) is 6.07 Å². The highest BCUT2D eigenvalue weighted by molar-refractivity contribution is 5.81. The van der Waals surface area contributed by atoms with Crippen LogP contribution in [0.5, 0.6) is 0 Å². The summed E-state index contributed by atoms with van der Waals surface area (Å²) < 4.78 is 0. The number of nitriles is 1. The summed E-state index contributed by atoms with van der Waals surface area (Å²) in [5.74, 6) is 0.341. The predicted molar refractivity (Wildman–Crippen MR) is 79.7 cm³/mol. The quantitative estimate of drug-likeness (QED) is 0.864. The minimum atomic E-state index is -0.468. The Hall–Kier alpha value is -1.86. The van der Waals surface area contributed by atoms with E-state index < -0.39 is 6.04 Å². The molecule has 0 saturated carbocycles. The number of carbonyl (C=O) groups is 1. The van der Waals surface area contributed by atoms with E-state index in [2.05, 4.69) is 19.9 Å². The summed E-state index contributed by atoms with van der Waals surface area (Å²) in [6.45, 7) is 7.05. The van der Waals surface area contributed by atoms with Gasteiger partial charge in [0.2, 0.25) is 5.91 Å². The van der Waals surface area contributed by atoms with Crippen molar-refractivity contribution < 1.29 is 4.79 Å². The third-order valence-corrected chi connectivity index (χ3v) is 3.23. The SMILES string of the molecule is CCN(Cc1ccccc1C#N)C(=O)[C@H](N)CC(C)C. The van der Waals surface area contributed by atoms with Crippen LogP contribution in [0.1, 0.15) is 38.3 Å². The van der Waals surface area contributed by atoms with Gasteiger partial charge in [-0.15, -0.1) is 0 Å². The number of rotatable bonds is 6. The molecule has 0 radical (unpaired) electrons. The molecule has 2 N–H and O–H groups in total. The molecule has 0 bridgehead atoms. The second-order valence-electron chi connectivity index (χ2n) is 5.36. The van der Waals surface area contributed by atoms with E-state index in [1.165, 1.54) is 0 Å². The van der Waals surface area contributed by atoms with Crippen molar-refractivity contribution in [3.63, 3.8) is 0 Å². The van der Waals surface area contributed by atoms with Crippen molar-refractivity contribution in [2.75, 3.05) is 6.54 Å². The number of benzene rings is 1. The summed E-state index contributed by atoms with van der Waals surface area (Å²) in [5, 5.41) is 9.09. The fourth-order valence-electron chi connectivity index (χ4n) is 2.16. The number of likely N-dealkylation sites (N-methyl/N-ethyl adjacent to an activating group) is 1. The number of amides is 1. The molecule has 0 aliphatic heterocycles. The van der Waals surface area contributed by atoms with Gasteiger partial charge < -0.3 is 10.6 Å². The monoisotopic (exact) mass is 273 g/mol. The Morgan fingerprint density at radius 3 is 2.60 bits per heavy atom. The largest absolute Gasteiger partial charge is 0.337 e. The maximum atomic E-state index is 12.3. The minimum absolute atomic E-state index is 0.0473. The lowest BCUT2D eigenvalue weighted by molar-refractivity contribution is -0.133. The zero-order valence-electron chi connectivity index (χ0n) is 12.5. The fourth-order valence-corrected chi connectivity index (χ4v) is 2.16. The molecule has 1 amide bonds. The van der Waals surface area contributed by atoms with E-state index >= 15 is 0 Å². The van der Waals surface area contributed by atoms with Crippen LogP contribution in [0.4, 0.5) is 0 Å². The Labute approximate surface area is 121 Å². The van der Waals surface area contributed by atoms with Crippen molar-refractivity contribution >= 4 is 5.91 Å². The molecule has 0 saturated heterocycles. The molecule has 0 aliphatic carbocycles. The highest BCUT2D eigenvalue weighted by Gasteiger charge is 2.21. The Morgan fingerprint density at radius 2 is 2.05 bits per heavy atom. The highest BCUT2D eigenvalue weighted by atomic mass is 16.2. The van der Waals surface area contributed by atoms with Gasteiger partial charge in [0, 0.05) is 13.1 Å². The smallest absolute Gasteiger partial charge is 0.239 e. The van der Waals surface area contributed by atoms with Crippen LogP contribution in [-0.4, -0.2) is 23.4 Å². The van der Waals surface area contributed by atoms with E-state index in [0.717, 1.165) is 5.56 Å². The number of nitrogens with two attached hydrogens (primary N) is 1. The standard InChI is InChI=1S/C16H23N3O/c1-4-19(16(20)15(18)9-12(2)3)11-14-8-6-5-7-13(14)10-17/h5-8,12,15H,4,9,11,18H2,1-3H3/t15-/m1/s1. The first-order valence-electron chi connectivity index (χ1n) is 7.02. The Morgan fingerprint density at radius 1 is 1.40 bits per heavy atom. The summed E-state index contributed by atoms with van der Waals surface area (Å²) in [7, 11) is 0. The van der Waals surface area contributed by atoms with Gasteiger partial charge in [0.1, 0.15) is 0 Å². The van der Waals surface area contributed by atoms with Gasteiger partial charge in [-0.1, -0.05) is 32.0 Å². The predicted octanol–water partition coefficient (Wildman–Crippen LogP) is 2.28. The third-order valence-electron chi connectivity index (χ3n) is 3.23. The topological polar surface area (TPSA) is 70.1 Å². The lowest BCUT2D eigenvalue weighted by Crippen LogP contribution is -2.44. The summed E-state index contributed by atoms with van der Waals surface area (Å²) >= 11 is 0. The summed E-state index contributed by atoms with van der Waals surface area (Å²) in [6, 6.07) is 9.03. The number of hydrogen-bond acceptors (Lipinski definition) is 3. The van der Waals surface area contributed by atoms with Crippen molar-refractivity contribution in [2.45, 2.75) is 39.8 Å². The van der Waals surface area contributed by atoms with E-state index in [1.807, 2.05) is 25.1 Å². The number of hydrogen-bond donors (Lipinski definition) is 1. The molecule has 1 atom stereocenters. The Balaban J connectivity index is 2.82. The Kier molecular flexibility index (Phi) is 6.20. The van der Waals surface area contributed by atoms with Gasteiger partial charge in [-0.3, -0.25) is 4.79 Å². The first kappa shape index (κ1) is 16.2. The summed E-state index contributed by atoms with van der Waals surface area (Å²) in [4.78, 5) is 14.0. The fraction of sp³-hybridized carbons (Fsp3) is 0.500. The molecule has 1 aromatic rings. The van der Waals surface area contributed by atoms with Crippen molar-refractivity contribution in [1.29, 1.82) is 5.26 Å². The van der Waals surface area contributed by atoms with Gasteiger partial charge in [0.05, 0.1) is 17.7 Å². The van der Waals surface area contributed by atoms with E-state index in [0.29, 0.717) is 31.0 Å². The molecular weight excluding hydrogens is 250 g/mol. The molecule has 0 aromatic heterocycles. The molecule has 0 unspecified atom stereocenters. The van der Waals surface area contributed by atoms with Crippen LogP contribution < -0.4 is 5.73 Å². The van der Waals surface area contributed by atoms with E-state index in [4.69, 9.17) is 11.0 Å². The molecule has 0 aliphatic rings. The first-order valence-corrected chi connectivity index (χ1v) is 7.02. The van der Waals surface area contributed by atoms with Crippen molar-refractivity contribution in [3.05, 3.63) is 35.4 Å². The molecule has 1 rings (SSSR count). The maximum absolute atomic E-state index is 12.3. The normalized spacial score (nSPS) is 12.0. The summed E-state index contributed by atoms with van der Waals surface area (Å²) in [6.07, 6.45) is 0.676. The zero-order chi connectivity index (χ0) is 15.1. The van der Waals surface area contributed by atoms with Crippen LogP contribution in [0.3, 0.4) is 0 Å². The minimum Gasteiger partial charge on any atom is -0.337 e. The molecule has 1 aromatic carbocycles. The van der Waals surface area contributed by atoms with Gasteiger partial charge in [-0.2, -0.15) is 5.26 Å².